The molecule has 0 radical (unpaired) electrons. The average Bonchev–Trinajstić information content (AvgIpc) is 2.44. The van der Waals surface area contributed by atoms with Crippen LogP contribution in [0.5, 0.6) is 0 Å². The maximum absolute atomic E-state index is 13.3. The molecular formula is C14H14Br2FN3. The summed E-state index contributed by atoms with van der Waals surface area (Å²) in [5.41, 5.74) is 1.70. The smallest absolute Gasteiger partial charge is 0.161 e. The summed E-state index contributed by atoms with van der Waals surface area (Å²) in [5, 5.41) is 3.20. The van der Waals surface area contributed by atoms with Crippen molar-refractivity contribution in [1.29, 1.82) is 0 Å². The number of benzene rings is 1. The Bertz CT molecular complexity index is 632. The van der Waals surface area contributed by atoms with Gasteiger partial charge in [-0.1, -0.05) is 6.92 Å². The molecule has 0 aliphatic heterocycles. The first-order chi connectivity index (χ1) is 9.56. The third-order valence-corrected chi connectivity index (χ3v) is 4.22. The highest BCUT2D eigenvalue weighted by Gasteiger charge is 2.13. The Hall–Kier alpha value is -1.01. The lowest BCUT2D eigenvalue weighted by Crippen LogP contribution is -2.05. The molecule has 0 aliphatic carbocycles. The van der Waals surface area contributed by atoms with Gasteiger partial charge < -0.3 is 5.32 Å². The topological polar surface area (TPSA) is 37.8 Å². The molecule has 106 valence electrons. The van der Waals surface area contributed by atoms with Crippen LogP contribution in [0, 0.1) is 5.82 Å². The maximum Gasteiger partial charge on any atom is 0.161 e. The molecule has 0 fully saturated rings. The molecule has 20 heavy (non-hydrogen) atoms. The highest BCUT2D eigenvalue weighted by atomic mass is 79.9. The number of rotatable bonds is 4. The molecule has 1 aromatic heterocycles. The van der Waals surface area contributed by atoms with Crippen LogP contribution in [0.3, 0.4) is 0 Å². The van der Waals surface area contributed by atoms with E-state index in [1.165, 1.54) is 6.07 Å². The Morgan fingerprint density at radius 2 is 1.95 bits per heavy atom. The van der Waals surface area contributed by atoms with E-state index in [1.807, 2.05) is 13.8 Å². The zero-order valence-electron chi connectivity index (χ0n) is 11.2. The molecule has 1 aromatic carbocycles. The third-order valence-electron chi connectivity index (χ3n) is 2.78. The summed E-state index contributed by atoms with van der Waals surface area (Å²) in [6.07, 6.45) is 0.789. The summed E-state index contributed by atoms with van der Waals surface area (Å²) < 4.78 is 14.6. The van der Waals surface area contributed by atoms with Crippen molar-refractivity contribution in [3.8, 4) is 11.4 Å². The van der Waals surface area contributed by atoms with Gasteiger partial charge in [0.1, 0.15) is 11.6 Å². The van der Waals surface area contributed by atoms with Crippen LogP contribution >= 0.6 is 31.9 Å². The maximum atomic E-state index is 13.3. The summed E-state index contributed by atoms with van der Waals surface area (Å²) >= 11 is 6.71. The van der Waals surface area contributed by atoms with E-state index in [0.29, 0.717) is 10.3 Å². The van der Waals surface area contributed by atoms with Gasteiger partial charge in [0.15, 0.2) is 5.82 Å². The monoisotopic (exact) mass is 401 g/mol. The predicted molar refractivity (Wildman–Crippen MR) is 86.4 cm³/mol. The zero-order valence-corrected chi connectivity index (χ0v) is 14.3. The number of hydrogen-bond acceptors (Lipinski definition) is 3. The number of aryl methyl sites for hydroxylation is 1. The summed E-state index contributed by atoms with van der Waals surface area (Å²) in [5.74, 6) is 1.05. The van der Waals surface area contributed by atoms with Gasteiger partial charge in [0.05, 0.1) is 14.6 Å². The molecule has 0 atom stereocenters. The zero-order chi connectivity index (χ0) is 14.7. The lowest BCUT2D eigenvalue weighted by Gasteiger charge is -2.11. The van der Waals surface area contributed by atoms with Crippen molar-refractivity contribution in [3.05, 3.63) is 38.7 Å². The quantitative estimate of drug-likeness (QED) is 0.797. The average molecular weight is 403 g/mol. The standard InChI is InChI=1S/C14H14Br2FN3/c1-3-11-12(16)14(18-4-2)20-13(19-11)8-5-6-10(17)9(15)7-8/h5-7H,3-4H2,1-2H3,(H,18,19,20). The van der Waals surface area contributed by atoms with Gasteiger partial charge in [0.2, 0.25) is 0 Å². The van der Waals surface area contributed by atoms with E-state index >= 15 is 0 Å². The van der Waals surface area contributed by atoms with Gasteiger partial charge in [-0.25, -0.2) is 14.4 Å². The molecule has 0 saturated heterocycles. The highest BCUT2D eigenvalue weighted by molar-refractivity contribution is 9.11. The molecule has 0 amide bonds. The second-order valence-corrected chi connectivity index (χ2v) is 5.82. The molecule has 2 aromatic rings. The van der Waals surface area contributed by atoms with E-state index in [-0.39, 0.29) is 5.82 Å². The summed E-state index contributed by atoms with van der Waals surface area (Å²) in [6, 6.07) is 4.77. The Morgan fingerprint density at radius 1 is 1.20 bits per heavy atom. The van der Waals surface area contributed by atoms with Crippen LogP contribution in [-0.2, 0) is 6.42 Å². The Labute approximate surface area is 134 Å². The summed E-state index contributed by atoms with van der Waals surface area (Å²) in [4.78, 5) is 9.03. The predicted octanol–water partition coefficient (Wildman–Crippen LogP) is 4.80. The molecule has 6 heteroatoms. The van der Waals surface area contributed by atoms with Crippen molar-refractivity contribution in [1.82, 2.24) is 9.97 Å². The number of aromatic nitrogens is 2. The van der Waals surface area contributed by atoms with Crippen molar-refractivity contribution in [2.45, 2.75) is 20.3 Å². The van der Waals surface area contributed by atoms with Crippen LogP contribution in [0.15, 0.2) is 27.1 Å². The molecule has 1 heterocycles. The van der Waals surface area contributed by atoms with E-state index < -0.39 is 0 Å². The number of hydrogen-bond donors (Lipinski definition) is 1. The number of anilines is 1. The van der Waals surface area contributed by atoms with Gasteiger partial charge in [-0.05, 0) is 63.4 Å². The van der Waals surface area contributed by atoms with Crippen LogP contribution in [0.4, 0.5) is 10.2 Å². The summed E-state index contributed by atoms with van der Waals surface area (Å²) in [6.45, 7) is 4.81. The van der Waals surface area contributed by atoms with Crippen LogP contribution < -0.4 is 5.32 Å². The minimum atomic E-state index is -0.298. The van der Waals surface area contributed by atoms with Crippen LogP contribution in [0.25, 0.3) is 11.4 Å². The Kier molecular flexibility index (Phi) is 5.10. The van der Waals surface area contributed by atoms with Crippen molar-refractivity contribution in [2.75, 3.05) is 11.9 Å². The molecule has 0 unspecified atom stereocenters. The lowest BCUT2D eigenvalue weighted by molar-refractivity contribution is 0.621. The fraction of sp³-hybridized carbons (Fsp3) is 0.286. The number of nitrogens with one attached hydrogen (secondary N) is 1. The van der Waals surface area contributed by atoms with Crippen LogP contribution in [0.2, 0.25) is 0 Å². The molecule has 0 spiro atoms. The number of nitrogens with zero attached hydrogens (tertiary/aromatic N) is 2. The first-order valence-corrected chi connectivity index (χ1v) is 7.91. The van der Waals surface area contributed by atoms with E-state index in [9.17, 15) is 4.39 Å². The van der Waals surface area contributed by atoms with Gasteiger partial charge in [-0.2, -0.15) is 0 Å². The van der Waals surface area contributed by atoms with Gasteiger partial charge >= 0.3 is 0 Å². The van der Waals surface area contributed by atoms with Crippen molar-refractivity contribution >= 4 is 37.7 Å². The number of halogens is 3. The fourth-order valence-electron chi connectivity index (χ4n) is 1.78. The van der Waals surface area contributed by atoms with Crippen molar-refractivity contribution in [2.24, 2.45) is 0 Å². The molecule has 0 aliphatic rings. The van der Waals surface area contributed by atoms with Crippen LogP contribution in [0.1, 0.15) is 19.5 Å². The Morgan fingerprint density at radius 3 is 2.55 bits per heavy atom. The van der Waals surface area contributed by atoms with E-state index in [4.69, 9.17) is 0 Å². The highest BCUT2D eigenvalue weighted by Crippen LogP contribution is 2.29. The third kappa shape index (κ3) is 3.17. The molecular weight excluding hydrogens is 389 g/mol. The molecule has 0 bridgehead atoms. The normalized spacial score (nSPS) is 10.7. The summed E-state index contributed by atoms with van der Waals surface area (Å²) in [7, 11) is 0. The van der Waals surface area contributed by atoms with E-state index in [2.05, 4.69) is 47.1 Å². The second-order valence-electron chi connectivity index (χ2n) is 4.17. The van der Waals surface area contributed by atoms with Crippen molar-refractivity contribution in [3.63, 3.8) is 0 Å². The molecule has 0 saturated carbocycles. The lowest BCUT2D eigenvalue weighted by atomic mass is 10.2. The minimum absolute atomic E-state index is 0.298. The SMILES string of the molecule is CCNc1nc(-c2ccc(F)c(Br)c2)nc(CC)c1Br. The first-order valence-electron chi connectivity index (χ1n) is 6.32. The molecule has 1 N–H and O–H groups in total. The van der Waals surface area contributed by atoms with E-state index in [1.54, 1.807) is 12.1 Å². The minimum Gasteiger partial charge on any atom is -0.369 e. The molecule has 2 rings (SSSR count). The largest absolute Gasteiger partial charge is 0.369 e. The fourth-order valence-corrected chi connectivity index (χ4v) is 2.75. The Balaban J connectivity index is 2.55. The second kappa shape index (κ2) is 6.63. The first kappa shape index (κ1) is 15.4. The molecule has 3 nitrogen and oxygen atoms in total. The van der Waals surface area contributed by atoms with E-state index in [0.717, 1.165) is 34.5 Å². The van der Waals surface area contributed by atoms with Gasteiger partial charge in [0, 0.05) is 12.1 Å². The van der Waals surface area contributed by atoms with Gasteiger partial charge in [-0.3, -0.25) is 0 Å². The van der Waals surface area contributed by atoms with Gasteiger partial charge in [-0.15, -0.1) is 0 Å². The van der Waals surface area contributed by atoms with Crippen LogP contribution in [-0.4, -0.2) is 16.5 Å². The van der Waals surface area contributed by atoms with Gasteiger partial charge in [0.25, 0.3) is 0 Å². The van der Waals surface area contributed by atoms with Crippen molar-refractivity contribution < 1.29 is 4.39 Å².